The van der Waals surface area contributed by atoms with Crippen LogP contribution in [0.3, 0.4) is 0 Å². The molecule has 0 amide bonds. The molecule has 0 aromatic carbocycles. The number of thiocarbonyl (C=S) groups is 4. The second kappa shape index (κ2) is 14.0. The van der Waals surface area contributed by atoms with Crippen molar-refractivity contribution in [2.45, 2.75) is 25.2 Å². The Balaban J connectivity index is 3.96. The van der Waals surface area contributed by atoms with Gasteiger partial charge in [0, 0.05) is 12.8 Å². The van der Waals surface area contributed by atoms with Crippen molar-refractivity contribution in [1.29, 1.82) is 0 Å². The molecule has 0 aromatic rings. The maximum absolute atomic E-state index is 4.53. The molecule has 0 aliphatic rings. The first kappa shape index (κ1) is 18.6. The number of isothiocyanates is 4. The zero-order valence-corrected chi connectivity index (χ0v) is 13.9. The SMILES string of the molecule is S=C=NC(CCSCCC(N=C=S)N=C=S)N=C=S. The molecule has 0 unspecified atom stereocenters. The first-order valence-corrected chi connectivity index (χ1v) is 7.93. The van der Waals surface area contributed by atoms with E-state index in [1.165, 1.54) is 0 Å². The molecule has 0 heterocycles. The van der Waals surface area contributed by atoms with Gasteiger partial charge in [-0.05, 0) is 60.4 Å². The zero-order valence-electron chi connectivity index (χ0n) is 9.81. The minimum atomic E-state index is -0.281. The molecular weight excluding hydrogens is 336 g/mol. The molecule has 0 N–H and O–H groups in total. The molecule has 0 bridgehead atoms. The molecule has 0 saturated heterocycles. The van der Waals surface area contributed by atoms with E-state index in [9.17, 15) is 0 Å². The summed E-state index contributed by atoms with van der Waals surface area (Å²) in [6.45, 7) is 0. The Morgan fingerprint density at radius 3 is 1.26 bits per heavy atom. The zero-order chi connectivity index (χ0) is 14.3. The van der Waals surface area contributed by atoms with Crippen molar-refractivity contribution < 1.29 is 0 Å². The minimum Gasteiger partial charge on any atom is -0.204 e. The molecule has 100 valence electrons. The molecule has 0 atom stereocenters. The van der Waals surface area contributed by atoms with Gasteiger partial charge in [-0.15, -0.1) is 0 Å². The van der Waals surface area contributed by atoms with Crippen molar-refractivity contribution in [2.75, 3.05) is 11.5 Å². The van der Waals surface area contributed by atoms with Crippen LogP contribution in [-0.4, -0.2) is 44.5 Å². The molecule has 4 nitrogen and oxygen atoms in total. The normalized spacial score (nSPS) is 11.8. The lowest BCUT2D eigenvalue weighted by Gasteiger charge is -2.05. The van der Waals surface area contributed by atoms with Gasteiger partial charge in [0.2, 0.25) is 0 Å². The highest BCUT2D eigenvalue weighted by atomic mass is 32.2. The van der Waals surface area contributed by atoms with Crippen LogP contribution in [0.2, 0.25) is 0 Å². The lowest BCUT2D eigenvalue weighted by molar-refractivity contribution is 0.693. The molecule has 0 aliphatic heterocycles. The first-order valence-electron chi connectivity index (χ1n) is 5.14. The Kier molecular flexibility index (Phi) is 13.6. The van der Waals surface area contributed by atoms with E-state index in [4.69, 9.17) is 0 Å². The van der Waals surface area contributed by atoms with Gasteiger partial charge in [0.15, 0.2) is 12.3 Å². The summed E-state index contributed by atoms with van der Waals surface area (Å²) in [5.41, 5.74) is 0. The highest BCUT2D eigenvalue weighted by Crippen LogP contribution is 2.11. The average molecular weight is 347 g/mol. The number of nitrogens with zero attached hydrogens (tertiary/aromatic N) is 4. The van der Waals surface area contributed by atoms with Crippen molar-refractivity contribution >= 4 is 81.3 Å². The molecule has 0 radical (unpaired) electrons. The summed E-state index contributed by atoms with van der Waals surface area (Å²) < 4.78 is 0. The number of rotatable bonds is 10. The summed E-state index contributed by atoms with van der Waals surface area (Å²) in [6.07, 6.45) is 0.901. The van der Waals surface area contributed by atoms with Crippen LogP contribution in [-0.2, 0) is 0 Å². The van der Waals surface area contributed by atoms with E-state index in [1.54, 1.807) is 11.8 Å². The van der Waals surface area contributed by atoms with Crippen LogP contribution in [0.15, 0.2) is 20.0 Å². The topological polar surface area (TPSA) is 49.4 Å². The maximum atomic E-state index is 4.53. The summed E-state index contributed by atoms with van der Waals surface area (Å²) >= 11 is 19.9. The number of aliphatic imine (C=N–C) groups is 4. The molecule has 0 saturated carbocycles. The van der Waals surface area contributed by atoms with Crippen LogP contribution < -0.4 is 0 Å². The Morgan fingerprint density at radius 2 is 1.00 bits per heavy atom. The lowest BCUT2D eigenvalue weighted by atomic mass is 10.4. The van der Waals surface area contributed by atoms with E-state index >= 15 is 0 Å². The van der Waals surface area contributed by atoms with Crippen molar-refractivity contribution in [3.05, 3.63) is 0 Å². The second-order valence-corrected chi connectivity index (χ2v) is 4.99. The summed E-state index contributed by atoms with van der Waals surface area (Å²) in [4.78, 5) is 15.5. The number of thioether (sulfide) groups is 1. The Labute approximate surface area is 137 Å². The molecular formula is C10H10N4S5. The van der Waals surface area contributed by atoms with Crippen LogP contribution in [0, 0.1) is 0 Å². The molecule has 9 heteroatoms. The molecule has 0 aromatic heterocycles. The summed E-state index contributed by atoms with van der Waals surface area (Å²) in [5, 5.41) is 9.18. The van der Waals surface area contributed by atoms with Gasteiger partial charge in [0.05, 0.1) is 20.6 Å². The van der Waals surface area contributed by atoms with Crippen LogP contribution in [0.4, 0.5) is 0 Å². The van der Waals surface area contributed by atoms with Gasteiger partial charge in [-0.3, -0.25) is 0 Å². The second-order valence-electron chi connectivity index (χ2n) is 3.03. The van der Waals surface area contributed by atoms with Gasteiger partial charge in [-0.25, -0.2) is 20.0 Å². The van der Waals surface area contributed by atoms with Crippen molar-refractivity contribution in [1.82, 2.24) is 0 Å². The van der Waals surface area contributed by atoms with Gasteiger partial charge >= 0.3 is 0 Å². The van der Waals surface area contributed by atoms with Gasteiger partial charge < -0.3 is 0 Å². The quantitative estimate of drug-likeness (QED) is 0.344. The fraction of sp³-hybridized carbons (Fsp3) is 0.600. The fourth-order valence-electron chi connectivity index (χ4n) is 1.04. The van der Waals surface area contributed by atoms with E-state index in [1.807, 2.05) is 0 Å². The highest BCUT2D eigenvalue weighted by Gasteiger charge is 2.05. The monoisotopic (exact) mass is 346 g/mol. The van der Waals surface area contributed by atoms with Crippen molar-refractivity contribution in [3.63, 3.8) is 0 Å². The summed E-state index contributed by atoms with van der Waals surface area (Å²) in [7, 11) is 0. The largest absolute Gasteiger partial charge is 0.204 e. The average Bonchev–Trinajstić information content (AvgIpc) is 2.39. The minimum absolute atomic E-state index is 0.281. The lowest BCUT2D eigenvalue weighted by Crippen LogP contribution is -2.04. The number of hydrogen-bond acceptors (Lipinski definition) is 9. The smallest absolute Gasteiger partial charge is 0.160 e. The van der Waals surface area contributed by atoms with Gasteiger partial charge in [0.25, 0.3) is 0 Å². The van der Waals surface area contributed by atoms with E-state index in [0.717, 1.165) is 24.3 Å². The molecule has 0 fully saturated rings. The predicted octanol–water partition coefficient (Wildman–Crippen LogP) is 3.56. The third-order valence-corrected chi connectivity index (χ3v) is 3.32. The van der Waals surface area contributed by atoms with E-state index in [-0.39, 0.29) is 12.3 Å². The molecule has 19 heavy (non-hydrogen) atoms. The highest BCUT2D eigenvalue weighted by molar-refractivity contribution is 7.99. The fourth-order valence-corrected chi connectivity index (χ4v) is 2.48. The van der Waals surface area contributed by atoms with Gasteiger partial charge in [0.1, 0.15) is 0 Å². The summed E-state index contributed by atoms with van der Waals surface area (Å²) in [6, 6.07) is 0. The molecule has 0 spiro atoms. The van der Waals surface area contributed by atoms with E-state index in [0.29, 0.717) is 0 Å². The van der Waals surface area contributed by atoms with Crippen molar-refractivity contribution in [2.24, 2.45) is 20.0 Å². The predicted molar refractivity (Wildman–Crippen MR) is 94.2 cm³/mol. The maximum Gasteiger partial charge on any atom is 0.160 e. The van der Waals surface area contributed by atoms with Crippen molar-refractivity contribution in [3.8, 4) is 0 Å². The Morgan fingerprint density at radius 1 is 0.684 bits per heavy atom. The van der Waals surface area contributed by atoms with E-state index < -0.39 is 0 Å². The third kappa shape index (κ3) is 11.1. The first-order chi connectivity index (χ1) is 9.28. The van der Waals surface area contributed by atoms with Crippen LogP contribution in [0.25, 0.3) is 0 Å². The third-order valence-electron chi connectivity index (χ3n) is 1.85. The van der Waals surface area contributed by atoms with Crippen LogP contribution in [0.5, 0.6) is 0 Å². The van der Waals surface area contributed by atoms with Crippen LogP contribution in [0.1, 0.15) is 12.8 Å². The van der Waals surface area contributed by atoms with E-state index in [2.05, 4.69) is 89.5 Å². The van der Waals surface area contributed by atoms with Gasteiger partial charge in [-0.2, -0.15) is 11.8 Å². The van der Waals surface area contributed by atoms with Crippen LogP contribution >= 0.6 is 60.6 Å². The standard InChI is InChI=1S/C10H10N4S5/c15-5-11-9(12-6-16)1-3-19-4-2-10(13-7-17)14-8-18/h9-10H,1-4H2. The Hall–Kier alpha value is -0.450. The molecule has 0 aliphatic carbocycles. The Bertz CT molecular complexity index is 377. The molecule has 0 rings (SSSR count). The van der Waals surface area contributed by atoms with Gasteiger partial charge in [-0.1, -0.05) is 0 Å². The number of hydrogen-bond donors (Lipinski definition) is 0. The summed E-state index contributed by atoms with van der Waals surface area (Å²) in [5.74, 6) is 1.72.